The maximum atomic E-state index is 13.1. The van der Waals surface area contributed by atoms with Gasteiger partial charge >= 0.3 is 17.9 Å². The summed E-state index contributed by atoms with van der Waals surface area (Å²) in [5.41, 5.74) is 0. The summed E-state index contributed by atoms with van der Waals surface area (Å²) in [4.78, 5) is 44.0. The van der Waals surface area contributed by atoms with Crippen molar-refractivity contribution in [3.63, 3.8) is 0 Å². The minimum Gasteiger partial charge on any atom is -0.466 e. The summed E-state index contributed by atoms with van der Waals surface area (Å²) in [7, 11) is 4.28. The Kier molecular flexibility index (Phi) is 52.3. The molecule has 8 nitrogen and oxygen atoms in total. The lowest BCUT2D eigenvalue weighted by atomic mass is 9.95. The molecule has 0 saturated heterocycles. The molecule has 2 unspecified atom stereocenters. The van der Waals surface area contributed by atoms with Gasteiger partial charge < -0.3 is 19.1 Å². The second-order valence-corrected chi connectivity index (χ2v) is 22.0. The molecular weight excluding hydrogens is 869 g/mol. The molecule has 0 bridgehead atoms. The van der Waals surface area contributed by atoms with Crippen LogP contribution >= 0.6 is 0 Å². The van der Waals surface area contributed by atoms with Crippen LogP contribution in [-0.4, -0.2) is 87.3 Å². The Balaban J connectivity index is 5.44. The van der Waals surface area contributed by atoms with E-state index in [-0.39, 0.29) is 17.9 Å². The number of ether oxygens (including phenoxy) is 3. The van der Waals surface area contributed by atoms with E-state index >= 15 is 0 Å². The standard InChI is InChI=1S/C62H122N2O6/c1-8-13-18-23-26-33-44-57(42-31-21-16-11-4)55-69-60(65)48-37-29-35-46-59(64(52-40-39-51-63(6)7)53-50-62(67)68-54-41-28-25-20-15-10-3)47-36-30-38-49-61(66)70-56-58(43-32-22-17-12-5)45-34-27-24-19-14-9-2/h57-59H,8-56H2,1-7H3. The van der Waals surface area contributed by atoms with Crippen molar-refractivity contribution in [1.29, 1.82) is 0 Å². The number of esters is 3. The van der Waals surface area contributed by atoms with Crippen molar-refractivity contribution in [1.82, 2.24) is 9.80 Å². The Bertz CT molecular complexity index is 1060. The molecular formula is C62H122N2O6. The number of unbranched alkanes of at least 4 members (excludes halogenated alkanes) is 26. The molecule has 0 radical (unpaired) electrons. The summed E-state index contributed by atoms with van der Waals surface area (Å²) in [5.74, 6) is 0.852. The highest BCUT2D eigenvalue weighted by molar-refractivity contribution is 5.70. The van der Waals surface area contributed by atoms with Gasteiger partial charge in [0.1, 0.15) is 0 Å². The molecule has 0 aromatic heterocycles. The zero-order valence-corrected chi connectivity index (χ0v) is 48.2. The second-order valence-electron chi connectivity index (χ2n) is 22.0. The molecule has 0 spiro atoms. The van der Waals surface area contributed by atoms with E-state index in [2.05, 4.69) is 58.5 Å². The fraction of sp³-hybridized carbons (Fsp3) is 0.952. The molecule has 0 aromatic carbocycles. The predicted molar refractivity (Wildman–Crippen MR) is 301 cm³/mol. The van der Waals surface area contributed by atoms with Crippen LogP contribution in [-0.2, 0) is 28.6 Å². The molecule has 0 rings (SSSR count). The van der Waals surface area contributed by atoms with Gasteiger partial charge in [-0.2, -0.15) is 0 Å². The summed E-state index contributed by atoms with van der Waals surface area (Å²) >= 11 is 0. The molecule has 0 heterocycles. The molecule has 0 aliphatic heterocycles. The minimum absolute atomic E-state index is 0.0288. The van der Waals surface area contributed by atoms with E-state index in [0.717, 1.165) is 96.7 Å². The lowest BCUT2D eigenvalue weighted by Gasteiger charge is -2.32. The van der Waals surface area contributed by atoms with Gasteiger partial charge in [0.05, 0.1) is 26.2 Å². The van der Waals surface area contributed by atoms with Crippen molar-refractivity contribution >= 4 is 17.9 Å². The van der Waals surface area contributed by atoms with Gasteiger partial charge in [-0.25, -0.2) is 0 Å². The lowest BCUT2D eigenvalue weighted by Crippen LogP contribution is -2.38. The van der Waals surface area contributed by atoms with Gasteiger partial charge in [0.25, 0.3) is 0 Å². The van der Waals surface area contributed by atoms with Crippen LogP contribution in [0.15, 0.2) is 0 Å². The molecule has 0 saturated carbocycles. The third kappa shape index (κ3) is 47.3. The van der Waals surface area contributed by atoms with Gasteiger partial charge in [0.15, 0.2) is 0 Å². The van der Waals surface area contributed by atoms with E-state index in [1.165, 1.54) is 180 Å². The van der Waals surface area contributed by atoms with Crippen LogP contribution < -0.4 is 0 Å². The topological polar surface area (TPSA) is 85.4 Å². The second kappa shape index (κ2) is 53.6. The van der Waals surface area contributed by atoms with Crippen molar-refractivity contribution in [2.45, 2.75) is 317 Å². The molecule has 0 amide bonds. The van der Waals surface area contributed by atoms with Gasteiger partial charge in [0, 0.05) is 25.4 Å². The van der Waals surface area contributed by atoms with E-state index < -0.39 is 0 Å². The Morgan fingerprint density at radius 2 is 0.657 bits per heavy atom. The average molecular weight is 992 g/mol. The van der Waals surface area contributed by atoms with E-state index in [4.69, 9.17) is 14.2 Å². The van der Waals surface area contributed by atoms with Crippen LogP contribution in [0.4, 0.5) is 0 Å². The smallest absolute Gasteiger partial charge is 0.307 e. The molecule has 0 aromatic rings. The first-order valence-electron chi connectivity index (χ1n) is 31.1. The van der Waals surface area contributed by atoms with Gasteiger partial charge in [-0.3, -0.25) is 19.3 Å². The minimum atomic E-state index is -0.0760. The zero-order valence-electron chi connectivity index (χ0n) is 48.2. The molecule has 0 N–H and O–H groups in total. The third-order valence-corrected chi connectivity index (χ3v) is 14.8. The van der Waals surface area contributed by atoms with Crippen LogP contribution in [0, 0.1) is 11.8 Å². The SMILES string of the molecule is CCCCCCCCOC(=O)CCN(CCCCN(C)C)C(CCCCCC(=O)OCC(CCCCCC)CCCCCCCC)CCCCCC(=O)OCC(CCCCCC)CCCCCCCC. The predicted octanol–water partition coefficient (Wildman–Crippen LogP) is 18.0. The molecule has 8 heteroatoms. The third-order valence-electron chi connectivity index (χ3n) is 14.8. The fourth-order valence-electron chi connectivity index (χ4n) is 10.1. The summed E-state index contributed by atoms with van der Waals surface area (Å²) in [6, 6.07) is 0.357. The first-order valence-corrected chi connectivity index (χ1v) is 31.1. The van der Waals surface area contributed by atoms with Crippen LogP contribution in [0.1, 0.15) is 311 Å². The van der Waals surface area contributed by atoms with Gasteiger partial charge in [-0.1, -0.05) is 221 Å². The number of carbonyl (C=O) groups excluding carboxylic acids is 3. The first-order chi connectivity index (χ1) is 34.2. The molecule has 70 heavy (non-hydrogen) atoms. The van der Waals surface area contributed by atoms with Crippen molar-refractivity contribution in [2.24, 2.45) is 11.8 Å². The Morgan fingerprint density at radius 1 is 0.329 bits per heavy atom. The maximum absolute atomic E-state index is 13.1. The van der Waals surface area contributed by atoms with Crippen molar-refractivity contribution in [3.8, 4) is 0 Å². The molecule has 0 aliphatic carbocycles. The monoisotopic (exact) mass is 991 g/mol. The van der Waals surface area contributed by atoms with E-state index in [9.17, 15) is 14.4 Å². The number of rotatable bonds is 56. The normalized spacial score (nSPS) is 13.0. The largest absolute Gasteiger partial charge is 0.466 e. The van der Waals surface area contributed by atoms with Gasteiger partial charge in [0.2, 0.25) is 0 Å². The average Bonchev–Trinajstić information content (AvgIpc) is 3.35. The van der Waals surface area contributed by atoms with Crippen LogP contribution in [0.5, 0.6) is 0 Å². The number of carbonyl (C=O) groups is 3. The lowest BCUT2D eigenvalue weighted by molar-refractivity contribution is -0.146. The van der Waals surface area contributed by atoms with Crippen molar-refractivity contribution in [3.05, 3.63) is 0 Å². The van der Waals surface area contributed by atoms with Crippen LogP contribution in [0.25, 0.3) is 0 Å². The van der Waals surface area contributed by atoms with Crippen molar-refractivity contribution < 1.29 is 28.6 Å². The highest BCUT2D eigenvalue weighted by atomic mass is 16.5. The number of hydrogen-bond acceptors (Lipinski definition) is 8. The maximum Gasteiger partial charge on any atom is 0.307 e. The van der Waals surface area contributed by atoms with Crippen LogP contribution in [0.2, 0.25) is 0 Å². The Labute approximate surface area is 436 Å². The van der Waals surface area contributed by atoms with E-state index in [1.54, 1.807) is 0 Å². The zero-order chi connectivity index (χ0) is 51.4. The highest BCUT2D eigenvalue weighted by Crippen LogP contribution is 2.24. The van der Waals surface area contributed by atoms with E-state index in [1.807, 2.05) is 0 Å². The summed E-state index contributed by atoms with van der Waals surface area (Å²) in [6.45, 7) is 15.8. The molecule has 0 fully saturated rings. The summed E-state index contributed by atoms with van der Waals surface area (Å²) in [6.07, 6.45) is 49.1. The number of nitrogens with zero attached hydrogens (tertiary/aromatic N) is 2. The van der Waals surface area contributed by atoms with Gasteiger partial charge in [-0.05, 0) is 110 Å². The molecule has 0 aliphatic rings. The quantitative estimate of drug-likeness (QED) is 0.0338. The van der Waals surface area contributed by atoms with Crippen molar-refractivity contribution in [2.75, 3.05) is 53.6 Å². The van der Waals surface area contributed by atoms with Gasteiger partial charge in [-0.15, -0.1) is 0 Å². The Hall–Kier alpha value is -1.67. The summed E-state index contributed by atoms with van der Waals surface area (Å²) in [5, 5.41) is 0. The summed E-state index contributed by atoms with van der Waals surface area (Å²) < 4.78 is 17.7. The van der Waals surface area contributed by atoms with Crippen LogP contribution in [0.3, 0.4) is 0 Å². The highest BCUT2D eigenvalue weighted by Gasteiger charge is 2.21. The van der Waals surface area contributed by atoms with E-state index in [0.29, 0.717) is 57.0 Å². The first kappa shape index (κ1) is 68.3. The fourth-order valence-corrected chi connectivity index (χ4v) is 10.1. The molecule has 2 atom stereocenters. The Morgan fingerprint density at radius 3 is 1.07 bits per heavy atom. The number of hydrogen-bond donors (Lipinski definition) is 0. The molecule has 416 valence electrons.